The highest BCUT2D eigenvalue weighted by atomic mass is 79.9. The van der Waals surface area contributed by atoms with E-state index < -0.39 is 5.82 Å². The Bertz CT molecular complexity index is 584. The van der Waals surface area contributed by atoms with Gasteiger partial charge in [0.25, 0.3) is 5.91 Å². The molecule has 2 rings (SSSR count). The van der Waals surface area contributed by atoms with Crippen LogP contribution in [0.4, 0.5) is 15.8 Å². The van der Waals surface area contributed by atoms with Crippen LogP contribution in [0.15, 0.2) is 46.9 Å². The molecule has 0 spiro atoms. The van der Waals surface area contributed by atoms with Crippen molar-refractivity contribution < 1.29 is 9.18 Å². The molecule has 0 atom stereocenters. The zero-order valence-corrected chi connectivity index (χ0v) is 10.9. The smallest absolute Gasteiger partial charge is 0.255 e. The Balaban J connectivity index is 2.18. The zero-order valence-electron chi connectivity index (χ0n) is 9.28. The monoisotopic (exact) mass is 308 g/mol. The zero-order chi connectivity index (χ0) is 13.1. The van der Waals surface area contributed by atoms with Gasteiger partial charge in [0.05, 0.1) is 5.69 Å². The molecule has 0 bridgehead atoms. The van der Waals surface area contributed by atoms with E-state index in [2.05, 4.69) is 21.2 Å². The maximum atomic E-state index is 13.5. The number of benzene rings is 2. The predicted molar refractivity (Wildman–Crippen MR) is 72.9 cm³/mol. The van der Waals surface area contributed by atoms with Gasteiger partial charge in [-0.2, -0.15) is 0 Å². The first-order chi connectivity index (χ1) is 8.56. The number of nitrogen functional groups attached to an aromatic ring is 1. The summed E-state index contributed by atoms with van der Waals surface area (Å²) in [6.07, 6.45) is 0. The third-order valence-electron chi connectivity index (χ3n) is 2.35. The van der Waals surface area contributed by atoms with E-state index in [1.54, 1.807) is 24.3 Å². The summed E-state index contributed by atoms with van der Waals surface area (Å²) in [6, 6.07) is 10.9. The number of halogens is 2. The summed E-state index contributed by atoms with van der Waals surface area (Å²) in [5, 5.41) is 2.49. The summed E-state index contributed by atoms with van der Waals surface area (Å²) >= 11 is 3.28. The standard InChI is InChI=1S/C13H10BrFN2O/c14-9-3-1-8(2-4-9)13(18)17-12-6-5-10(16)7-11(12)15/h1-7H,16H2,(H,17,18). The SMILES string of the molecule is Nc1ccc(NC(=O)c2ccc(Br)cc2)c(F)c1. The lowest BCUT2D eigenvalue weighted by atomic mass is 10.2. The highest BCUT2D eigenvalue weighted by molar-refractivity contribution is 9.10. The maximum absolute atomic E-state index is 13.5. The molecule has 0 heterocycles. The molecule has 2 aromatic carbocycles. The number of nitrogens with one attached hydrogen (secondary N) is 1. The molecule has 18 heavy (non-hydrogen) atoms. The lowest BCUT2D eigenvalue weighted by molar-refractivity contribution is 0.102. The van der Waals surface area contributed by atoms with E-state index in [1.807, 2.05) is 0 Å². The van der Waals surface area contributed by atoms with Crippen LogP contribution in [-0.4, -0.2) is 5.91 Å². The van der Waals surface area contributed by atoms with E-state index >= 15 is 0 Å². The van der Waals surface area contributed by atoms with Crippen molar-refractivity contribution in [3.8, 4) is 0 Å². The molecule has 3 nitrogen and oxygen atoms in total. The van der Waals surface area contributed by atoms with Gasteiger partial charge in [-0.05, 0) is 42.5 Å². The molecule has 0 saturated carbocycles. The third-order valence-corrected chi connectivity index (χ3v) is 2.88. The molecule has 5 heteroatoms. The summed E-state index contributed by atoms with van der Waals surface area (Å²) in [5.74, 6) is -0.924. The largest absolute Gasteiger partial charge is 0.399 e. The van der Waals surface area contributed by atoms with Gasteiger partial charge < -0.3 is 11.1 Å². The molecule has 1 amide bonds. The molecular formula is C13H10BrFN2O. The van der Waals surface area contributed by atoms with E-state index in [9.17, 15) is 9.18 Å². The summed E-state index contributed by atoms with van der Waals surface area (Å²) in [4.78, 5) is 11.8. The number of amides is 1. The van der Waals surface area contributed by atoms with Crippen molar-refractivity contribution in [3.05, 3.63) is 58.3 Å². The van der Waals surface area contributed by atoms with Crippen molar-refractivity contribution in [2.45, 2.75) is 0 Å². The van der Waals surface area contributed by atoms with Gasteiger partial charge in [-0.15, -0.1) is 0 Å². The molecule has 2 aromatic rings. The third kappa shape index (κ3) is 2.87. The normalized spacial score (nSPS) is 10.1. The second kappa shape index (κ2) is 5.18. The molecule has 0 unspecified atom stereocenters. The second-order valence-corrected chi connectivity index (χ2v) is 4.62. The average Bonchev–Trinajstić information content (AvgIpc) is 2.33. The number of nitrogens with two attached hydrogens (primary N) is 1. The number of anilines is 2. The van der Waals surface area contributed by atoms with Gasteiger partial charge in [-0.1, -0.05) is 15.9 Å². The Morgan fingerprint density at radius 3 is 2.44 bits per heavy atom. The van der Waals surface area contributed by atoms with Crippen LogP contribution >= 0.6 is 15.9 Å². The minimum atomic E-state index is -0.555. The first-order valence-electron chi connectivity index (χ1n) is 5.18. The highest BCUT2D eigenvalue weighted by Gasteiger charge is 2.09. The first kappa shape index (κ1) is 12.6. The molecule has 0 aliphatic heterocycles. The van der Waals surface area contributed by atoms with Crippen LogP contribution in [0.25, 0.3) is 0 Å². The van der Waals surface area contributed by atoms with Crippen molar-refractivity contribution in [1.82, 2.24) is 0 Å². The molecule has 0 radical (unpaired) electrons. The molecule has 92 valence electrons. The molecule has 0 fully saturated rings. The number of carbonyl (C=O) groups excluding carboxylic acids is 1. The summed E-state index contributed by atoms with van der Waals surface area (Å²) in [6.45, 7) is 0. The van der Waals surface area contributed by atoms with Gasteiger partial charge in [0.15, 0.2) is 0 Å². The van der Waals surface area contributed by atoms with Crippen molar-refractivity contribution in [1.29, 1.82) is 0 Å². The molecule has 0 aliphatic carbocycles. The minimum absolute atomic E-state index is 0.108. The van der Waals surface area contributed by atoms with E-state index in [1.165, 1.54) is 12.1 Å². The summed E-state index contributed by atoms with van der Waals surface area (Å²) in [5.41, 5.74) is 6.30. The molecule has 0 aliphatic rings. The topological polar surface area (TPSA) is 55.1 Å². The Morgan fingerprint density at radius 2 is 1.83 bits per heavy atom. The van der Waals surface area contributed by atoms with E-state index in [0.29, 0.717) is 11.3 Å². The van der Waals surface area contributed by atoms with Crippen LogP contribution in [0, 0.1) is 5.82 Å². The van der Waals surface area contributed by atoms with Gasteiger partial charge in [0, 0.05) is 15.7 Å². The van der Waals surface area contributed by atoms with Crippen LogP contribution in [-0.2, 0) is 0 Å². The van der Waals surface area contributed by atoms with Crippen molar-refractivity contribution >= 4 is 33.2 Å². The highest BCUT2D eigenvalue weighted by Crippen LogP contribution is 2.18. The molecule has 0 aromatic heterocycles. The van der Waals surface area contributed by atoms with Crippen LogP contribution in [0.1, 0.15) is 10.4 Å². The van der Waals surface area contributed by atoms with Crippen molar-refractivity contribution in [2.75, 3.05) is 11.1 Å². The molecule has 0 saturated heterocycles. The fourth-order valence-electron chi connectivity index (χ4n) is 1.43. The lowest BCUT2D eigenvalue weighted by Gasteiger charge is -2.07. The van der Waals surface area contributed by atoms with Crippen LogP contribution < -0.4 is 11.1 Å². The van der Waals surface area contributed by atoms with E-state index in [0.717, 1.165) is 10.5 Å². The van der Waals surface area contributed by atoms with Crippen LogP contribution in [0.2, 0.25) is 0 Å². The first-order valence-corrected chi connectivity index (χ1v) is 5.97. The van der Waals surface area contributed by atoms with Crippen molar-refractivity contribution in [2.24, 2.45) is 0 Å². The lowest BCUT2D eigenvalue weighted by Crippen LogP contribution is -2.12. The number of hydrogen-bond donors (Lipinski definition) is 2. The Kier molecular flexibility index (Phi) is 3.62. The van der Waals surface area contributed by atoms with Crippen LogP contribution in [0.5, 0.6) is 0 Å². The van der Waals surface area contributed by atoms with Gasteiger partial charge in [-0.3, -0.25) is 4.79 Å². The maximum Gasteiger partial charge on any atom is 0.255 e. The Hall–Kier alpha value is -1.88. The molecular weight excluding hydrogens is 299 g/mol. The van der Waals surface area contributed by atoms with Crippen molar-refractivity contribution in [3.63, 3.8) is 0 Å². The van der Waals surface area contributed by atoms with E-state index in [4.69, 9.17) is 5.73 Å². The van der Waals surface area contributed by atoms with Gasteiger partial charge in [0.2, 0.25) is 0 Å². The van der Waals surface area contributed by atoms with E-state index in [-0.39, 0.29) is 11.6 Å². The number of hydrogen-bond acceptors (Lipinski definition) is 2. The summed E-state index contributed by atoms with van der Waals surface area (Å²) < 4.78 is 14.4. The quantitative estimate of drug-likeness (QED) is 0.835. The fraction of sp³-hybridized carbons (Fsp3) is 0. The number of carbonyl (C=O) groups is 1. The second-order valence-electron chi connectivity index (χ2n) is 3.70. The summed E-state index contributed by atoms with van der Waals surface area (Å²) in [7, 11) is 0. The van der Waals surface area contributed by atoms with Gasteiger partial charge in [-0.25, -0.2) is 4.39 Å². The molecule has 3 N–H and O–H groups in total. The average molecular weight is 309 g/mol. The van der Waals surface area contributed by atoms with Gasteiger partial charge >= 0.3 is 0 Å². The predicted octanol–water partition coefficient (Wildman–Crippen LogP) is 3.42. The Labute approximate surface area is 112 Å². The van der Waals surface area contributed by atoms with Crippen LogP contribution in [0.3, 0.4) is 0 Å². The van der Waals surface area contributed by atoms with Gasteiger partial charge in [0.1, 0.15) is 5.82 Å². The fourth-order valence-corrected chi connectivity index (χ4v) is 1.69. The number of rotatable bonds is 2. The minimum Gasteiger partial charge on any atom is -0.399 e. The Morgan fingerprint density at radius 1 is 1.17 bits per heavy atom.